The van der Waals surface area contributed by atoms with Crippen molar-refractivity contribution in [2.45, 2.75) is 26.8 Å². The van der Waals surface area contributed by atoms with Gasteiger partial charge in [0.05, 0.1) is 24.8 Å². The van der Waals surface area contributed by atoms with Crippen molar-refractivity contribution in [2.75, 3.05) is 6.61 Å². The van der Waals surface area contributed by atoms with Crippen LogP contribution < -0.4 is 0 Å². The van der Waals surface area contributed by atoms with E-state index < -0.39 is 0 Å². The minimum atomic E-state index is -0.332. The first-order chi connectivity index (χ1) is 8.77. The first-order valence-electron chi connectivity index (χ1n) is 6.12. The van der Waals surface area contributed by atoms with Crippen LogP contribution in [0.2, 0.25) is 0 Å². The summed E-state index contributed by atoms with van der Waals surface area (Å²) in [7, 11) is 0. The predicted octanol–water partition coefficient (Wildman–Crippen LogP) is 2.46. The molecule has 1 N–H and O–H groups in total. The third-order valence-electron chi connectivity index (χ3n) is 2.68. The van der Waals surface area contributed by atoms with Crippen LogP contribution in [0.15, 0.2) is 24.8 Å². The van der Waals surface area contributed by atoms with Crippen molar-refractivity contribution >= 4 is 5.97 Å². The molecule has 96 valence electrons. The summed E-state index contributed by atoms with van der Waals surface area (Å²) in [6, 6.07) is 1.87. The molecule has 2 aromatic rings. The molecule has 0 amide bonds. The van der Waals surface area contributed by atoms with E-state index in [-0.39, 0.29) is 5.97 Å². The summed E-state index contributed by atoms with van der Waals surface area (Å²) in [5.41, 5.74) is 2.25. The molecule has 0 saturated heterocycles. The molecular formula is C13H17N3O2. The molecule has 0 aliphatic carbocycles. The fraction of sp³-hybridized carbons (Fsp3) is 0.385. The Kier molecular flexibility index (Phi) is 3.82. The minimum absolute atomic E-state index is 0.332. The molecule has 2 heterocycles. The fourth-order valence-electron chi connectivity index (χ4n) is 1.92. The van der Waals surface area contributed by atoms with Crippen molar-refractivity contribution in [2.24, 2.45) is 0 Å². The molecule has 0 fully saturated rings. The molecule has 0 atom stereocenters. The molecule has 0 aliphatic heterocycles. The maximum atomic E-state index is 11.8. The zero-order chi connectivity index (χ0) is 13.0. The molecule has 0 aromatic carbocycles. The number of hydrogen-bond acceptors (Lipinski definition) is 3. The Labute approximate surface area is 106 Å². The molecule has 5 heteroatoms. The summed E-state index contributed by atoms with van der Waals surface area (Å²) >= 11 is 0. The maximum Gasteiger partial charge on any atom is 0.355 e. The zero-order valence-corrected chi connectivity index (χ0v) is 10.6. The topological polar surface area (TPSA) is 59.9 Å². The average molecular weight is 247 g/mol. The molecule has 5 nitrogen and oxygen atoms in total. The molecule has 0 saturated carbocycles. The fourth-order valence-corrected chi connectivity index (χ4v) is 1.92. The Bertz CT molecular complexity index is 528. The van der Waals surface area contributed by atoms with E-state index in [1.807, 2.05) is 10.6 Å². The van der Waals surface area contributed by atoms with E-state index in [1.165, 1.54) is 0 Å². The lowest BCUT2D eigenvalue weighted by atomic mass is 10.2. The number of nitrogens with zero attached hydrogens (tertiary/aromatic N) is 2. The second-order valence-electron chi connectivity index (χ2n) is 3.96. The van der Waals surface area contributed by atoms with Gasteiger partial charge in [0.2, 0.25) is 0 Å². The van der Waals surface area contributed by atoms with Crippen molar-refractivity contribution in [1.29, 1.82) is 0 Å². The highest BCUT2D eigenvalue weighted by Gasteiger charge is 2.17. The number of carbonyl (C=O) groups excluding carboxylic acids is 1. The van der Waals surface area contributed by atoms with Gasteiger partial charge >= 0.3 is 5.97 Å². The van der Waals surface area contributed by atoms with Gasteiger partial charge in [0.15, 0.2) is 0 Å². The van der Waals surface area contributed by atoms with E-state index >= 15 is 0 Å². The van der Waals surface area contributed by atoms with Gasteiger partial charge in [-0.15, -0.1) is 0 Å². The van der Waals surface area contributed by atoms with Gasteiger partial charge in [-0.05, 0) is 19.4 Å². The largest absolute Gasteiger partial charge is 0.461 e. The highest BCUT2D eigenvalue weighted by molar-refractivity contribution is 5.95. The van der Waals surface area contributed by atoms with Gasteiger partial charge in [-0.3, -0.25) is 0 Å². The monoisotopic (exact) mass is 247 g/mol. The smallest absolute Gasteiger partial charge is 0.355 e. The Hall–Kier alpha value is -2.04. The number of aryl methyl sites for hydroxylation is 1. The first-order valence-corrected chi connectivity index (χ1v) is 6.12. The molecule has 0 unspecified atom stereocenters. The maximum absolute atomic E-state index is 11.8. The van der Waals surface area contributed by atoms with E-state index in [1.54, 1.807) is 25.6 Å². The van der Waals surface area contributed by atoms with E-state index in [9.17, 15) is 4.79 Å². The number of hydrogen-bond donors (Lipinski definition) is 1. The highest BCUT2D eigenvalue weighted by atomic mass is 16.5. The standard InChI is InChI=1S/C13H17N3O2/c1-3-7-16-9-14-8-11(16)10-5-6-15-12(10)13(17)18-4-2/h5-6,8-9,15H,3-4,7H2,1-2H3. The lowest BCUT2D eigenvalue weighted by Gasteiger charge is -2.07. The van der Waals surface area contributed by atoms with Gasteiger partial charge in [0, 0.05) is 18.3 Å². The quantitative estimate of drug-likeness (QED) is 0.826. The summed E-state index contributed by atoms with van der Waals surface area (Å²) in [5.74, 6) is -0.332. The van der Waals surface area contributed by atoms with E-state index in [4.69, 9.17) is 4.74 Å². The average Bonchev–Trinajstić information content (AvgIpc) is 2.96. The van der Waals surface area contributed by atoms with Gasteiger partial charge in [-0.25, -0.2) is 9.78 Å². The van der Waals surface area contributed by atoms with Crippen molar-refractivity contribution < 1.29 is 9.53 Å². The number of aromatic amines is 1. The first kappa shape index (κ1) is 12.4. The summed E-state index contributed by atoms with van der Waals surface area (Å²) in [6.45, 7) is 5.14. The van der Waals surface area contributed by atoms with Gasteiger partial charge in [-0.2, -0.15) is 0 Å². The zero-order valence-electron chi connectivity index (χ0n) is 10.6. The predicted molar refractivity (Wildman–Crippen MR) is 68.3 cm³/mol. The van der Waals surface area contributed by atoms with Crippen LogP contribution in [0.1, 0.15) is 30.8 Å². The molecule has 0 radical (unpaired) electrons. The van der Waals surface area contributed by atoms with Crippen LogP contribution in [-0.2, 0) is 11.3 Å². The van der Waals surface area contributed by atoms with E-state index in [0.29, 0.717) is 12.3 Å². The van der Waals surface area contributed by atoms with Crippen LogP contribution in [0.25, 0.3) is 11.3 Å². The number of carbonyl (C=O) groups is 1. The second kappa shape index (κ2) is 5.53. The number of esters is 1. The number of ether oxygens (including phenoxy) is 1. The third-order valence-corrected chi connectivity index (χ3v) is 2.68. The van der Waals surface area contributed by atoms with Crippen LogP contribution in [0.3, 0.4) is 0 Å². The normalized spacial score (nSPS) is 10.6. The van der Waals surface area contributed by atoms with Crippen molar-refractivity contribution in [1.82, 2.24) is 14.5 Å². The van der Waals surface area contributed by atoms with Crippen LogP contribution in [0.5, 0.6) is 0 Å². The Morgan fingerprint density at radius 3 is 3.06 bits per heavy atom. The van der Waals surface area contributed by atoms with Crippen molar-refractivity contribution in [3.05, 3.63) is 30.5 Å². The summed E-state index contributed by atoms with van der Waals surface area (Å²) in [6.07, 6.45) is 6.30. The van der Waals surface area contributed by atoms with Crippen LogP contribution >= 0.6 is 0 Å². The summed E-state index contributed by atoms with van der Waals surface area (Å²) in [4.78, 5) is 18.9. The summed E-state index contributed by atoms with van der Waals surface area (Å²) in [5, 5.41) is 0. The van der Waals surface area contributed by atoms with Crippen molar-refractivity contribution in [3.63, 3.8) is 0 Å². The third kappa shape index (κ3) is 2.30. The van der Waals surface area contributed by atoms with Gasteiger partial charge in [0.1, 0.15) is 5.69 Å². The molecule has 0 aliphatic rings. The minimum Gasteiger partial charge on any atom is -0.461 e. The Balaban J connectivity index is 2.36. The Morgan fingerprint density at radius 1 is 1.50 bits per heavy atom. The molecule has 18 heavy (non-hydrogen) atoms. The highest BCUT2D eigenvalue weighted by Crippen LogP contribution is 2.23. The number of nitrogens with one attached hydrogen (secondary N) is 1. The molecular weight excluding hydrogens is 230 g/mol. The number of aromatic nitrogens is 3. The van der Waals surface area contributed by atoms with E-state index in [0.717, 1.165) is 24.2 Å². The lowest BCUT2D eigenvalue weighted by molar-refractivity contribution is 0.0521. The molecule has 2 rings (SSSR count). The molecule has 0 bridgehead atoms. The van der Waals surface area contributed by atoms with Gasteiger partial charge in [-0.1, -0.05) is 6.92 Å². The molecule has 0 spiro atoms. The lowest BCUT2D eigenvalue weighted by Crippen LogP contribution is -2.07. The van der Waals surface area contributed by atoms with Crippen molar-refractivity contribution in [3.8, 4) is 11.3 Å². The molecule has 2 aromatic heterocycles. The van der Waals surface area contributed by atoms with Gasteiger partial charge < -0.3 is 14.3 Å². The summed E-state index contributed by atoms with van der Waals surface area (Å²) < 4.78 is 7.06. The number of imidazole rings is 1. The van der Waals surface area contributed by atoms with Crippen LogP contribution in [0.4, 0.5) is 0 Å². The van der Waals surface area contributed by atoms with E-state index in [2.05, 4.69) is 16.9 Å². The Morgan fingerprint density at radius 2 is 2.33 bits per heavy atom. The van der Waals surface area contributed by atoms with Crippen LogP contribution in [0, 0.1) is 0 Å². The SMILES string of the molecule is CCCn1cncc1-c1cc[nH]c1C(=O)OCC. The van der Waals surface area contributed by atoms with Gasteiger partial charge in [0.25, 0.3) is 0 Å². The second-order valence-corrected chi connectivity index (χ2v) is 3.96. The number of H-pyrrole nitrogens is 1. The number of rotatable bonds is 5. The van der Waals surface area contributed by atoms with Crippen LogP contribution in [-0.4, -0.2) is 27.1 Å².